The number of rotatable bonds is 7. The first kappa shape index (κ1) is 23.6. The average molecular weight is 453 g/mol. The van der Waals surface area contributed by atoms with Crippen molar-refractivity contribution in [2.45, 2.75) is 50.8 Å². The molecule has 0 aromatic heterocycles. The van der Waals surface area contributed by atoms with Crippen LogP contribution in [0.3, 0.4) is 0 Å². The SMILES string of the molecule is COc1ccc(CN2CCC3(CC2)c2ccccc2[C@@H](NC(=O)C(C)C)[C@@H]3OC)cc1OC. The van der Waals surface area contributed by atoms with Crippen LogP contribution in [0.4, 0.5) is 0 Å². The lowest BCUT2D eigenvalue weighted by Gasteiger charge is -2.44. The highest BCUT2D eigenvalue weighted by atomic mass is 16.5. The molecule has 1 aliphatic carbocycles. The minimum atomic E-state index is -0.113. The van der Waals surface area contributed by atoms with Crippen LogP contribution >= 0.6 is 0 Å². The van der Waals surface area contributed by atoms with E-state index < -0.39 is 0 Å². The van der Waals surface area contributed by atoms with Gasteiger partial charge in [-0.3, -0.25) is 9.69 Å². The van der Waals surface area contributed by atoms with Gasteiger partial charge in [0.15, 0.2) is 11.5 Å². The lowest BCUT2D eigenvalue weighted by Crippen LogP contribution is -2.50. The zero-order valence-corrected chi connectivity index (χ0v) is 20.4. The first-order valence-electron chi connectivity index (χ1n) is 11.8. The van der Waals surface area contributed by atoms with E-state index in [-0.39, 0.29) is 29.4 Å². The summed E-state index contributed by atoms with van der Waals surface area (Å²) < 4.78 is 17.0. The van der Waals surface area contributed by atoms with Gasteiger partial charge in [0.05, 0.1) is 26.4 Å². The number of carbonyl (C=O) groups is 1. The highest BCUT2D eigenvalue weighted by molar-refractivity contribution is 5.78. The maximum atomic E-state index is 12.6. The van der Waals surface area contributed by atoms with Crippen molar-refractivity contribution in [3.63, 3.8) is 0 Å². The fraction of sp³-hybridized carbons (Fsp3) is 0.519. The van der Waals surface area contributed by atoms with Gasteiger partial charge in [0, 0.05) is 25.0 Å². The minimum absolute atomic E-state index is 0.0606. The normalized spacial score (nSPS) is 21.8. The van der Waals surface area contributed by atoms with Gasteiger partial charge < -0.3 is 19.5 Å². The first-order chi connectivity index (χ1) is 15.9. The van der Waals surface area contributed by atoms with Crippen LogP contribution < -0.4 is 14.8 Å². The number of ether oxygens (including phenoxy) is 3. The maximum absolute atomic E-state index is 12.6. The monoisotopic (exact) mass is 452 g/mol. The van der Waals surface area contributed by atoms with Gasteiger partial charge >= 0.3 is 0 Å². The summed E-state index contributed by atoms with van der Waals surface area (Å²) in [6.45, 7) is 6.66. The van der Waals surface area contributed by atoms with Crippen molar-refractivity contribution in [2.75, 3.05) is 34.4 Å². The van der Waals surface area contributed by atoms with E-state index in [9.17, 15) is 4.79 Å². The van der Waals surface area contributed by atoms with Gasteiger partial charge in [-0.1, -0.05) is 44.2 Å². The molecule has 1 fully saturated rings. The summed E-state index contributed by atoms with van der Waals surface area (Å²) in [5, 5.41) is 3.28. The van der Waals surface area contributed by atoms with E-state index in [1.165, 1.54) is 16.7 Å². The van der Waals surface area contributed by atoms with Crippen molar-refractivity contribution < 1.29 is 19.0 Å². The topological polar surface area (TPSA) is 60.0 Å². The van der Waals surface area contributed by atoms with Gasteiger partial charge in [-0.05, 0) is 54.8 Å². The minimum Gasteiger partial charge on any atom is -0.493 e. The standard InChI is InChI=1S/C27H36N2O4/c1-18(2)26(30)28-24-20-8-6-7-9-21(20)27(25(24)33-5)12-14-29(15-13-27)17-19-10-11-22(31-3)23(16-19)32-4/h6-11,16,18,24-25H,12-15,17H2,1-5H3,(H,28,30)/t24-,25+/m1/s1. The molecule has 1 heterocycles. The van der Waals surface area contributed by atoms with Crippen LogP contribution in [0, 0.1) is 5.92 Å². The number of nitrogens with one attached hydrogen (secondary N) is 1. The van der Waals surface area contributed by atoms with E-state index in [1.54, 1.807) is 21.3 Å². The summed E-state index contributed by atoms with van der Waals surface area (Å²) in [5.41, 5.74) is 3.65. The van der Waals surface area contributed by atoms with Crippen molar-refractivity contribution in [2.24, 2.45) is 5.92 Å². The molecule has 2 aromatic carbocycles. The molecule has 4 rings (SSSR count). The third kappa shape index (κ3) is 4.34. The highest BCUT2D eigenvalue weighted by Gasteiger charge is 2.53. The van der Waals surface area contributed by atoms with Gasteiger partial charge in [-0.2, -0.15) is 0 Å². The Morgan fingerprint density at radius 3 is 2.39 bits per heavy atom. The van der Waals surface area contributed by atoms with Crippen LogP contribution in [-0.4, -0.2) is 51.3 Å². The molecule has 2 aliphatic rings. The molecule has 1 amide bonds. The van der Waals surface area contributed by atoms with Gasteiger partial charge in [-0.15, -0.1) is 0 Å². The van der Waals surface area contributed by atoms with Gasteiger partial charge in [0.25, 0.3) is 0 Å². The fourth-order valence-corrected chi connectivity index (χ4v) is 5.59. The Balaban J connectivity index is 1.53. The summed E-state index contributed by atoms with van der Waals surface area (Å²) in [7, 11) is 5.11. The molecule has 178 valence electrons. The Morgan fingerprint density at radius 2 is 1.76 bits per heavy atom. The smallest absolute Gasteiger partial charge is 0.223 e. The van der Waals surface area contributed by atoms with E-state index in [1.807, 2.05) is 19.9 Å². The summed E-state index contributed by atoms with van der Waals surface area (Å²) in [4.78, 5) is 15.1. The maximum Gasteiger partial charge on any atom is 0.223 e. The van der Waals surface area contributed by atoms with Crippen LogP contribution in [0.5, 0.6) is 11.5 Å². The molecule has 2 atom stereocenters. The number of nitrogens with zero attached hydrogens (tertiary/aromatic N) is 1. The quantitative estimate of drug-likeness (QED) is 0.686. The number of carbonyl (C=O) groups excluding carboxylic acids is 1. The molecule has 1 spiro atoms. The first-order valence-corrected chi connectivity index (χ1v) is 11.8. The van der Waals surface area contributed by atoms with Crippen molar-refractivity contribution >= 4 is 5.91 Å². The number of hydrogen-bond donors (Lipinski definition) is 1. The van der Waals surface area contributed by atoms with Crippen molar-refractivity contribution in [1.29, 1.82) is 0 Å². The lowest BCUT2D eigenvalue weighted by molar-refractivity contribution is -0.126. The van der Waals surface area contributed by atoms with E-state index in [0.717, 1.165) is 44.0 Å². The molecule has 0 unspecified atom stereocenters. The van der Waals surface area contributed by atoms with E-state index in [2.05, 4.69) is 46.6 Å². The Labute approximate surface area is 197 Å². The number of amides is 1. The molecule has 0 radical (unpaired) electrons. The summed E-state index contributed by atoms with van der Waals surface area (Å²) in [6, 6.07) is 14.6. The second kappa shape index (κ2) is 9.74. The Hall–Kier alpha value is -2.57. The molecule has 1 aliphatic heterocycles. The second-order valence-electron chi connectivity index (χ2n) is 9.51. The molecule has 0 saturated carbocycles. The molecule has 1 saturated heterocycles. The van der Waals surface area contributed by atoms with Crippen LogP contribution in [0.1, 0.15) is 49.4 Å². The predicted octanol–water partition coefficient (Wildman–Crippen LogP) is 4.08. The van der Waals surface area contributed by atoms with Crippen molar-refractivity contribution in [3.05, 3.63) is 59.2 Å². The number of fused-ring (bicyclic) bond motifs is 2. The fourth-order valence-electron chi connectivity index (χ4n) is 5.59. The molecule has 33 heavy (non-hydrogen) atoms. The summed E-state index contributed by atoms with van der Waals surface area (Å²) in [5.74, 6) is 1.52. The van der Waals surface area contributed by atoms with Crippen LogP contribution in [-0.2, 0) is 21.5 Å². The van der Waals surface area contributed by atoms with E-state index in [4.69, 9.17) is 14.2 Å². The highest BCUT2D eigenvalue weighted by Crippen LogP contribution is 2.52. The van der Waals surface area contributed by atoms with Gasteiger partial charge in [0.2, 0.25) is 5.91 Å². The number of likely N-dealkylation sites (tertiary alicyclic amines) is 1. The number of methoxy groups -OCH3 is 3. The van der Waals surface area contributed by atoms with Crippen molar-refractivity contribution in [1.82, 2.24) is 10.2 Å². The molecule has 6 heteroatoms. The zero-order chi connectivity index (χ0) is 23.6. The Kier molecular flexibility index (Phi) is 6.96. The van der Waals surface area contributed by atoms with E-state index >= 15 is 0 Å². The molecule has 1 N–H and O–H groups in total. The van der Waals surface area contributed by atoms with Crippen molar-refractivity contribution in [3.8, 4) is 11.5 Å². The Bertz CT molecular complexity index is 982. The second-order valence-corrected chi connectivity index (χ2v) is 9.51. The summed E-state index contributed by atoms with van der Waals surface area (Å²) in [6.07, 6.45) is 1.91. The third-order valence-corrected chi connectivity index (χ3v) is 7.36. The van der Waals surface area contributed by atoms with E-state index in [0.29, 0.717) is 0 Å². The molecular weight excluding hydrogens is 416 g/mol. The number of piperidine rings is 1. The van der Waals surface area contributed by atoms with Gasteiger partial charge in [0.1, 0.15) is 0 Å². The number of benzene rings is 2. The lowest BCUT2D eigenvalue weighted by atomic mass is 9.71. The van der Waals surface area contributed by atoms with Gasteiger partial charge in [-0.25, -0.2) is 0 Å². The zero-order valence-electron chi connectivity index (χ0n) is 20.4. The Morgan fingerprint density at radius 1 is 1.06 bits per heavy atom. The molecular formula is C27H36N2O4. The predicted molar refractivity (Wildman–Crippen MR) is 129 cm³/mol. The molecule has 2 aromatic rings. The number of hydrogen-bond acceptors (Lipinski definition) is 5. The average Bonchev–Trinajstić information content (AvgIpc) is 3.08. The third-order valence-electron chi connectivity index (χ3n) is 7.36. The molecule has 6 nitrogen and oxygen atoms in total. The van der Waals surface area contributed by atoms with Crippen LogP contribution in [0.25, 0.3) is 0 Å². The summed E-state index contributed by atoms with van der Waals surface area (Å²) >= 11 is 0. The molecule has 0 bridgehead atoms. The largest absolute Gasteiger partial charge is 0.493 e. The van der Waals surface area contributed by atoms with Crippen LogP contribution in [0.2, 0.25) is 0 Å². The van der Waals surface area contributed by atoms with Crippen LogP contribution in [0.15, 0.2) is 42.5 Å².